The topological polar surface area (TPSA) is 29.1 Å². The van der Waals surface area contributed by atoms with Gasteiger partial charge in [0.25, 0.3) is 5.91 Å². The fourth-order valence-electron chi connectivity index (χ4n) is 2.85. The van der Waals surface area contributed by atoms with Gasteiger partial charge in [-0.1, -0.05) is 73.7 Å². The molecule has 126 valence electrons. The fraction of sp³-hybridized carbons (Fsp3) is 0.174. The van der Waals surface area contributed by atoms with Gasteiger partial charge in [0.2, 0.25) is 0 Å². The van der Waals surface area contributed by atoms with Gasteiger partial charge in [0, 0.05) is 5.56 Å². The molecule has 0 aliphatic rings. The summed E-state index contributed by atoms with van der Waals surface area (Å²) in [6, 6.07) is 26.3. The molecule has 1 amide bonds. The zero-order valence-electron chi connectivity index (χ0n) is 14.7. The minimum atomic E-state index is -0.0494. The molecule has 0 aromatic heterocycles. The Morgan fingerprint density at radius 1 is 0.840 bits per heavy atom. The van der Waals surface area contributed by atoms with Gasteiger partial charge in [-0.05, 0) is 47.7 Å². The van der Waals surface area contributed by atoms with Crippen LogP contribution < -0.4 is 5.32 Å². The molecule has 0 fully saturated rings. The molecule has 0 heterocycles. The minimum absolute atomic E-state index is 0.0211. The summed E-state index contributed by atoms with van der Waals surface area (Å²) in [5.41, 5.74) is 5.36. The first-order valence-corrected chi connectivity index (χ1v) is 8.72. The van der Waals surface area contributed by atoms with Crippen LogP contribution in [0.25, 0.3) is 11.1 Å². The van der Waals surface area contributed by atoms with Crippen LogP contribution in [0.3, 0.4) is 0 Å². The summed E-state index contributed by atoms with van der Waals surface area (Å²) in [5, 5.41) is 3.07. The monoisotopic (exact) mass is 329 g/mol. The lowest BCUT2D eigenvalue weighted by molar-refractivity contribution is 0.0940. The van der Waals surface area contributed by atoms with Crippen LogP contribution >= 0.6 is 0 Å². The molecule has 0 saturated carbocycles. The molecular formula is C23H23NO. The Kier molecular flexibility index (Phi) is 5.30. The van der Waals surface area contributed by atoms with Crippen LogP contribution in [0.15, 0.2) is 78.9 Å². The van der Waals surface area contributed by atoms with Crippen molar-refractivity contribution in [3.8, 4) is 11.1 Å². The number of carbonyl (C=O) groups excluding carboxylic acids is 1. The molecule has 2 heteroatoms. The average Bonchev–Trinajstić information content (AvgIpc) is 2.68. The van der Waals surface area contributed by atoms with Gasteiger partial charge in [0.15, 0.2) is 0 Å². The summed E-state index contributed by atoms with van der Waals surface area (Å²) in [5.74, 6) is -0.0494. The van der Waals surface area contributed by atoms with Crippen molar-refractivity contribution in [1.29, 1.82) is 0 Å². The van der Waals surface area contributed by atoms with Gasteiger partial charge in [0.1, 0.15) is 0 Å². The highest BCUT2D eigenvalue weighted by atomic mass is 16.1. The molecule has 2 nitrogen and oxygen atoms in total. The average molecular weight is 329 g/mol. The molecule has 1 N–H and O–H groups in total. The first-order chi connectivity index (χ1) is 12.2. The van der Waals surface area contributed by atoms with Gasteiger partial charge in [-0.3, -0.25) is 4.79 Å². The molecule has 25 heavy (non-hydrogen) atoms. The van der Waals surface area contributed by atoms with E-state index in [1.54, 1.807) is 0 Å². The van der Waals surface area contributed by atoms with Gasteiger partial charge in [-0.2, -0.15) is 0 Å². The van der Waals surface area contributed by atoms with Crippen LogP contribution in [-0.2, 0) is 6.42 Å². The Hall–Kier alpha value is -2.87. The highest BCUT2D eigenvalue weighted by Gasteiger charge is 2.11. The second-order valence-corrected chi connectivity index (χ2v) is 6.23. The number of hydrogen-bond donors (Lipinski definition) is 1. The van der Waals surface area contributed by atoms with E-state index in [9.17, 15) is 4.79 Å². The number of carbonyl (C=O) groups is 1. The predicted molar refractivity (Wildman–Crippen MR) is 104 cm³/mol. The Bertz CT molecular complexity index is 820. The van der Waals surface area contributed by atoms with Crippen molar-refractivity contribution in [2.75, 3.05) is 0 Å². The molecular weight excluding hydrogens is 306 g/mol. The van der Waals surface area contributed by atoms with Crippen LogP contribution in [0.4, 0.5) is 0 Å². The maximum Gasteiger partial charge on any atom is 0.251 e. The van der Waals surface area contributed by atoms with Crippen molar-refractivity contribution < 1.29 is 4.79 Å². The fourth-order valence-corrected chi connectivity index (χ4v) is 2.85. The Labute approximate surface area is 149 Å². The van der Waals surface area contributed by atoms with Gasteiger partial charge in [-0.15, -0.1) is 0 Å². The van der Waals surface area contributed by atoms with Crippen molar-refractivity contribution in [2.45, 2.75) is 26.3 Å². The van der Waals surface area contributed by atoms with Crippen molar-refractivity contribution in [2.24, 2.45) is 0 Å². The second kappa shape index (κ2) is 7.80. The Morgan fingerprint density at radius 3 is 2.04 bits per heavy atom. The van der Waals surface area contributed by atoms with Crippen molar-refractivity contribution in [3.05, 3.63) is 95.6 Å². The van der Waals surface area contributed by atoms with Crippen LogP contribution in [-0.4, -0.2) is 5.91 Å². The molecule has 0 spiro atoms. The van der Waals surface area contributed by atoms with E-state index in [1.165, 1.54) is 5.56 Å². The van der Waals surface area contributed by atoms with E-state index in [4.69, 9.17) is 0 Å². The number of rotatable bonds is 5. The molecule has 0 bridgehead atoms. The van der Waals surface area contributed by atoms with Gasteiger partial charge >= 0.3 is 0 Å². The van der Waals surface area contributed by atoms with E-state index >= 15 is 0 Å². The third-order valence-corrected chi connectivity index (χ3v) is 4.49. The summed E-state index contributed by atoms with van der Waals surface area (Å²) < 4.78 is 0. The highest BCUT2D eigenvalue weighted by Crippen LogP contribution is 2.20. The molecule has 0 unspecified atom stereocenters. The number of amides is 1. The van der Waals surface area contributed by atoms with E-state index < -0.39 is 0 Å². The normalized spacial score (nSPS) is 11.8. The maximum atomic E-state index is 12.5. The van der Waals surface area contributed by atoms with Gasteiger partial charge in [0.05, 0.1) is 6.04 Å². The Balaban J connectivity index is 1.68. The largest absolute Gasteiger partial charge is 0.346 e. The van der Waals surface area contributed by atoms with E-state index in [0.29, 0.717) is 5.56 Å². The summed E-state index contributed by atoms with van der Waals surface area (Å²) in [6.07, 6.45) is 1.02. The van der Waals surface area contributed by atoms with Crippen LogP contribution in [0, 0.1) is 0 Å². The molecule has 3 aromatic carbocycles. The minimum Gasteiger partial charge on any atom is -0.346 e. The van der Waals surface area contributed by atoms with Crippen molar-refractivity contribution in [3.63, 3.8) is 0 Å². The molecule has 0 aliphatic carbocycles. The SMILES string of the molecule is CCc1ccc([C@H](C)NC(=O)c2ccc(-c3ccccc3)cc2)cc1. The van der Waals surface area contributed by atoms with E-state index in [2.05, 4.69) is 48.6 Å². The number of benzene rings is 3. The summed E-state index contributed by atoms with van der Waals surface area (Å²) in [6.45, 7) is 4.15. The molecule has 0 radical (unpaired) electrons. The number of aryl methyl sites for hydroxylation is 1. The van der Waals surface area contributed by atoms with Crippen molar-refractivity contribution in [1.82, 2.24) is 5.32 Å². The third-order valence-electron chi connectivity index (χ3n) is 4.49. The molecule has 0 saturated heterocycles. The first kappa shape index (κ1) is 17.0. The lowest BCUT2D eigenvalue weighted by atomic mass is 10.0. The molecule has 0 aliphatic heterocycles. The van der Waals surface area contributed by atoms with Gasteiger partial charge < -0.3 is 5.32 Å². The highest BCUT2D eigenvalue weighted by molar-refractivity contribution is 5.94. The van der Waals surface area contributed by atoms with Crippen LogP contribution in [0.5, 0.6) is 0 Å². The summed E-state index contributed by atoms with van der Waals surface area (Å²) in [7, 11) is 0. The van der Waals surface area contributed by atoms with Crippen LogP contribution in [0.2, 0.25) is 0 Å². The molecule has 3 aromatic rings. The third kappa shape index (κ3) is 4.16. The first-order valence-electron chi connectivity index (χ1n) is 8.72. The number of hydrogen-bond acceptors (Lipinski definition) is 1. The summed E-state index contributed by atoms with van der Waals surface area (Å²) in [4.78, 5) is 12.5. The number of nitrogens with one attached hydrogen (secondary N) is 1. The van der Waals surface area contributed by atoms with Crippen molar-refractivity contribution >= 4 is 5.91 Å². The lowest BCUT2D eigenvalue weighted by Crippen LogP contribution is -2.26. The van der Waals surface area contributed by atoms with Gasteiger partial charge in [-0.25, -0.2) is 0 Å². The Morgan fingerprint density at radius 2 is 1.44 bits per heavy atom. The standard InChI is InChI=1S/C23H23NO/c1-3-18-9-11-19(12-10-18)17(2)24-23(25)22-15-13-21(14-16-22)20-7-5-4-6-8-20/h4-17H,3H2,1-2H3,(H,24,25)/t17-/m0/s1. The maximum absolute atomic E-state index is 12.5. The van der Waals surface area contributed by atoms with E-state index in [0.717, 1.165) is 23.1 Å². The lowest BCUT2D eigenvalue weighted by Gasteiger charge is -2.15. The smallest absolute Gasteiger partial charge is 0.251 e. The summed E-state index contributed by atoms with van der Waals surface area (Å²) >= 11 is 0. The zero-order chi connectivity index (χ0) is 17.6. The predicted octanol–water partition coefficient (Wildman–Crippen LogP) is 5.41. The second-order valence-electron chi connectivity index (χ2n) is 6.23. The van der Waals surface area contributed by atoms with Crippen LogP contribution in [0.1, 0.15) is 41.4 Å². The zero-order valence-corrected chi connectivity index (χ0v) is 14.7. The molecule has 3 rings (SSSR count). The van der Waals surface area contributed by atoms with E-state index in [1.807, 2.05) is 49.4 Å². The molecule has 1 atom stereocenters. The quantitative estimate of drug-likeness (QED) is 0.666. The van der Waals surface area contributed by atoms with E-state index in [-0.39, 0.29) is 11.9 Å².